The molecule has 1 fully saturated rings. The molecule has 0 unspecified atom stereocenters. The van der Waals surface area contributed by atoms with Crippen LogP contribution in [0.2, 0.25) is 0 Å². The van der Waals surface area contributed by atoms with E-state index in [1.54, 1.807) is 0 Å². The number of halogens is 3. The molecular weight excluding hydrogens is 449 g/mol. The fraction of sp³-hybridized carbons (Fsp3) is 0.208. The Morgan fingerprint density at radius 1 is 1.18 bits per heavy atom. The van der Waals surface area contributed by atoms with Gasteiger partial charge in [-0.15, -0.1) is 0 Å². The van der Waals surface area contributed by atoms with Crippen molar-refractivity contribution in [3.05, 3.63) is 81.6 Å². The maximum Gasteiger partial charge on any atom is 0.341 e. The van der Waals surface area contributed by atoms with Crippen molar-refractivity contribution in [2.24, 2.45) is 5.73 Å². The summed E-state index contributed by atoms with van der Waals surface area (Å²) in [4.78, 5) is 29.8. The van der Waals surface area contributed by atoms with Gasteiger partial charge in [-0.3, -0.25) is 4.79 Å². The molecular formula is C24H19F3N4O3. The summed E-state index contributed by atoms with van der Waals surface area (Å²) in [5.74, 6) is -3.29. The highest BCUT2D eigenvalue weighted by atomic mass is 19.1. The number of nitrogens with zero attached hydrogens (tertiary/aromatic N) is 3. The molecule has 2 aromatic heterocycles. The van der Waals surface area contributed by atoms with Crippen LogP contribution in [0.1, 0.15) is 15.9 Å². The van der Waals surface area contributed by atoms with E-state index >= 15 is 8.78 Å². The van der Waals surface area contributed by atoms with Crippen molar-refractivity contribution in [2.75, 3.05) is 24.7 Å². The number of anilines is 1. The van der Waals surface area contributed by atoms with Gasteiger partial charge < -0.3 is 20.3 Å². The third-order valence-electron chi connectivity index (χ3n) is 6.17. The number of aryl methyl sites for hydroxylation is 1. The predicted octanol–water partition coefficient (Wildman–Crippen LogP) is 3.17. The molecule has 7 nitrogen and oxygen atoms in total. The van der Waals surface area contributed by atoms with Crippen LogP contribution >= 0.6 is 0 Å². The summed E-state index contributed by atoms with van der Waals surface area (Å²) in [6.07, 6.45) is 0.978. The first kappa shape index (κ1) is 21.9. The Bertz CT molecular complexity index is 1520. The van der Waals surface area contributed by atoms with Gasteiger partial charge in [-0.05, 0) is 17.7 Å². The number of pyridine rings is 2. The summed E-state index contributed by atoms with van der Waals surface area (Å²) in [5.41, 5.74) is 4.47. The van der Waals surface area contributed by atoms with Gasteiger partial charge >= 0.3 is 5.97 Å². The van der Waals surface area contributed by atoms with Gasteiger partial charge in [0.2, 0.25) is 5.43 Å². The molecule has 0 bridgehead atoms. The van der Waals surface area contributed by atoms with Crippen LogP contribution in [0.3, 0.4) is 0 Å². The molecule has 3 heterocycles. The molecule has 5 rings (SSSR count). The highest BCUT2D eigenvalue weighted by Gasteiger charge is 2.43. The maximum absolute atomic E-state index is 15.6. The number of rotatable bonds is 5. The number of aromatic carboxylic acids is 1. The minimum Gasteiger partial charge on any atom is -0.477 e. The fourth-order valence-corrected chi connectivity index (χ4v) is 4.48. The molecule has 10 heteroatoms. The zero-order chi connectivity index (χ0) is 24.2. The molecule has 1 aliphatic rings. The first-order valence-corrected chi connectivity index (χ1v) is 10.5. The highest BCUT2D eigenvalue weighted by Crippen LogP contribution is 2.38. The molecule has 0 spiro atoms. The number of fused-ring (bicyclic) bond motifs is 2. The molecule has 34 heavy (non-hydrogen) atoms. The summed E-state index contributed by atoms with van der Waals surface area (Å²) in [7, 11) is 0. The van der Waals surface area contributed by atoms with E-state index in [-0.39, 0.29) is 47.3 Å². The van der Waals surface area contributed by atoms with E-state index in [2.05, 4.69) is 4.98 Å². The predicted molar refractivity (Wildman–Crippen MR) is 121 cm³/mol. The summed E-state index contributed by atoms with van der Waals surface area (Å²) < 4.78 is 44.9. The van der Waals surface area contributed by atoms with Crippen LogP contribution in [0.15, 0.2) is 53.5 Å². The molecule has 1 aliphatic heterocycles. The standard InChI is InChI=1S/C24H19F3N4O3/c25-6-7-30-10-16(23(33)34)21(32)15-8-13-9-17(26)20(18(27)19(13)29-22(15)30)31-11-24(28,12-31)14-4-2-1-3-5-14/h1-5,8-10H,6-7,11-12,28H2,(H,33,34). The summed E-state index contributed by atoms with van der Waals surface area (Å²) in [6, 6.07) is 11.5. The number of hydrogen-bond acceptors (Lipinski definition) is 5. The van der Waals surface area contributed by atoms with E-state index in [0.29, 0.717) is 0 Å². The van der Waals surface area contributed by atoms with Crippen LogP contribution in [0, 0.1) is 11.6 Å². The smallest absolute Gasteiger partial charge is 0.341 e. The Kier molecular flexibility index (Phi) is 5.05. The van der Waals surface area contributed by atoms with E-state index in [1.165, 1.54) is 11.0 Å². The van der Waals surface area contributed by atoms with Crippen LogP contribution in [0.5, 0.6) is 0 Å². The fourth-order valence-electron chi connectivity index (χ4n) is 4.48. The van der Waals surface area contributed by atoms with Gasteiger partial charge in [0, 0.05) is 24.7 Å². The van der Waals surface area contributed by atoms with Crippen molar-refractivity contribution in [1.82, 2.24) is 9.55 Å². The molecule has 3 N–H and O–H groups in total. The number of hydrogen-bond donors (Lipinski definition) is 2. The molecule has 174 valence electrons. The van der Waals surface area contributed by atoms with Gasteiger partial charge in [0.05, 0.1) is 17.5 Å². The summed E-state index contributed by atoms with van der Waals surface area (Å²) in [6.45, 7) is -0.791. The van der Waals surface area contributed by atoms with Crippen molar-refractivity contribution in [3.8, 4) is 0 Å². The molecule has 1 saturated heterocycles. The van der Waals surface area contributed by atoms with E-state index in [9.17, 15) is 19.1 Å². The first-order valence-electron chi connectivity index (χ1n) is 10.5. The van der Waals surface area contributed by atoms with Gasteiger partial charge in [-0.25, -0.2) is 22.9 Å². The summed E-state index contributed by atoms with van der Waals surface area (Å²) >= 11 is 0. The normalized spacial score (nSPS) is 15.0. The number of carboxylic acids is 1. The lowest BCUT2D eigenvalue weighted by atomic mass is 9.83. The molecule has 0 saturated carbocycles. The van der Waals surface area contributed by atoms with Gasteiger partial charge in [-0.1, -0.05) is 30.3 Å². The molecule has 0 radical (unpaired) electrons. The second-order valence-electron chi connectivity index (χ2n) is 8.39. The summed E-state index contributed by atoms with van der Waals surface area (Å²) in [5, 5.41) is 9.13. The van der Waals surface area contributed by atoms with Gasteiger partial charge in [0.25, 0.3) is 0 Å². The molecule has 0 amide bonds. The lowest BCUT2D eigenvalue weighted by molar-refractivity contribution is 0.0694. The highest BCUT2D eigenvalue weighted by molar-refractivity contribution is 5.97. The monoisotopic (exact) mass is 468 g/mol. The number of carboxylic acid groups (broad SMARTS) is 1. The van der Waals surface area contributed by atoms with E-state index in [0.717, 1.165) is 22.4 Å². The largest absolute Gasteiger partial charge is 0.477 e. The lowest BCUT2D eigenvalue weighted by Crippen LogP contribution is -2.65. The molecule has 0 aliphatic carbocycles. The zero-order valence-corrected chi connectivity index (χ0v) is 17.8. The molecule has 0 atom stereocenters. The van der Waals surface area contributed by atoms with Crippen molar-refractivity contribution >= 4 is 33.6 Å². The second-order valence-corrected chi connectivity index (χ2v) is 8.39. The first-order chi connectivity index (χ1) is 16.2. The number of benzene rings is 2. The Labute approximate surface area is 190 Å². The minimum absolute atomic E-state index is 0.0136. The number of alkyl halides is 1. The SMILES string of the molecule is NC1(c2ccccc2)CN(c2c(F)cc3cc4c(=O)c(C(=O)O)cn(CCF)c4nc3c2F)C1. The number of nitrogens with two attached hydrogens (primary N) is 1. The van der Waals surface area contributed by atoms with Crippen LogP contribution < -0.4 is 16.1 Å². The van der Waals surface area contributed by atoms with Crippen molar-refractivity contribution < 1.29 is 23.1 Å². The van der Waals surface area contributed by atoms with Crippen molar-refractivity contribution in [2.45, 2.75) is 12.1 Å². The molecule has 4 aromatic rings. The topological polar surface area (TPSA) is 101 Å². The van der Waals surface area contributed by atoms with Gasteiger partial charge in [0.15, 0.2) is 5.82 Å². The Hall–Kier alpha value is -3.92. The average molecular weight is 468 g/mol. The third-order valence-corrected chi connectivity index (χ3v) is 6.17. The Balaban J connectivity index is 1.65. The Morgan fingerprint density at radius 3 is 2.53 bits per heavy atom. The average Bonchev–Trinajstić information content (AvgIpc) is 2.79. The van der Waals surface area contributed by atoms with Crippen LogP contribution in [0.4, 0.5) is 18.9 Å². The van der Waals surface area contributed by atoms with E-state index in [4.69, 9.17) is 5.73 Å². The van der Waals surface area contributed by atoms with Crippen LogP contribution in [0.25, 0.3) is 21.9 Å². The van der Waals surface area contributed by atoms with Gasteiger partial charge in [0.1, 0.15) is 34.9 Å². The van der Waals surface area contributed by atoms with Crippen molar-refractivity contribution in [3.63, 3.8) is 0 Å². The number of carbonyl (C=O) groups is 1. The minimum atomic E-state index is -1.49. The quantitative estimate of drug-likeness (QED) is 0.437. The van der Waals surface area contributed by atoms with Gasteiger partial charge in [-0.2, -0.15) is 0 Å². The third kappa shape index (κ3) is 3.29. The maximum atomic E-state index is 15.6. The van der Waals surface area contributed by atoms with Crippen LogP contribution in [-0.4, -0.2) is 40.4 Å². The van der Waals surface area contributed by atoms with E-state index in [1.807, 2.05) is 30.3 Å². The Morgan fingerprint density at radius 2 is 1.88 bits per heavy atom. The van der Waals surface area contributed by atoms with Crippen LogP contribution in [-0.2, 0) is 12.1 Å². The molecule has 2 aromatic carbocycles. The zero-order valence-electron chi connectivity index (χ0n) is 17.8. The lowest BCUT2D eigenvalue weighted by Gasteiger charge is -2.49. The second kappa shape index (κ2) is 7.84. The van der Waals surface area contributed by atoms with Crippen molar-refractivity contribution in [1.29, 1.82) is 0 Å². The van der Waals surface area contributed by atoms with E-state index < -0.39 is 40.8 Å². The number of aromatic nitrogens is 2.